The second-order valence-electron chi connectivity index (χ2n) is 5.78. The Morgan fingerprint density at radius 1 is 1.40 bits per heavy atom. The highest BCUT2D eigenvalue weighted by atomic mass is 32.2. The van der Waals surface area contributed by atoms with Crippen LogP contribution in [0.1, 0.15) is 35.8 Å². The van der Waals surface area contributed by atoms with Crippen molar-refractivity contribution in [2.75, 3.05) is 11.9 Å². The van der Waals surface area contributed by atoms with Gasteiger partial charge in [0.25, 0.3) is 5.91 Å². The molecule has 130 valence electrons. The fraction of sp³-hybridized carbons (Fsp3) is 0.278. The Balaban J connectivity index is 1.90. The molecule has 0 spiro atoms. The van der Waals surface area contributed by atoms with Gasteiger partial charge in [-0.15, -0.1) is 0 Å². The minimum absolute atomic E-state index is 0.306. The molecule has 2 aromatic rings. The van der Waals surface area contributed by atoms with Crippen molar-refractivity contribution in [2.45, 2.75) is 24.5 Å². The van der Waals surface area contributed by atoms with Crippen LogP contribution in [0.25, 0.3) is 0 Å². The first-order chi connectivity index (χ1) is 12.0. The molecule has 0 fully saturated rings. The zero-order chi connectivity index (χ0) is 17.9. The SMILES string of the molecule is CC[C@@]1(c2cc(NC(=O)c3ccccn3)ccc2F)CCN=C(N)S1. The number of thioether (sulfide) groups is 1. The van der Waals surface area contributed by atoms with Crippen molar-refractivity contribution >= 4 is 28.5 Å². The van der Waals surface area contributed by atoms with Gasteiger partial charge < -0.3 is 11.1 Å². The van der Waals surface area contributed by atoms with Gasteiger partial charge in [0, 0.05) is 24.0 Å². The van der Waals surface area contributed by atoms with Crippen molar-refractivity contribution in [3.63, 3.8) is 0 Å². The van der Waals surface area contributed by atoms with E-state index in [4.69, 9.17) is 5.73 Å². The van der Waals surface area contributed by atoms with Crippen LogP contribution in [0.3, 0.4) is 0 Å². The molecule has 1 aromatic carbocycles. The molecule has 3 N–H and O–H groups in total. The Hall–Kier alpha value is -2.41. The summed E-state index contributed by atoms with van der Waals surface area (Å²) in [4.78, 5) is 20.5. The number of benzene rings is 1. The highest BCUT2D eigenvalue weighted by Gasteiger charge is 2.37. The topological polar surface area (TPSA) is 80.4 Å². The first-order valence-corrected chi connectivity index (χ1v) is 8.87. The predicted octanol–water partition coefficient (Wildman–Crippen LogP) is 3.53. The van der Waals surface area contributed by atoms with Crippen molar-refractivity contribution in [1.82, 2.24) is 4.98 Å². The normalized spacial score (nSPS) is 20.0. The van der Waals surface area contributed by atoms with Gasteiger partial charge >= 0.3 is 0 Å². The molecule has 0 unspecified atom stereocenters. The number of carbonyl (C=O) groups is 1. The molecule has 1 atom stereocenters. The molecule has 0 bridgehead atoms. The van der Waals surface area contributed by atoms with Gasteiger partial charge in [0.1, 0.15) is 11.5 Å². The van der Waals surface area contributed by atoms with E-state index in [1.54, 1.807) is 36.5 Å². The maximum atomic E-state index is 14.6. The average molecular weight is 358 g/mol. The number of anilines is 1. The third kappa shape index (κ3) is 3.66. The van der Waals surface area contributed by atoms with E-state index in [1.165, 1.54) is 17.8 Å². The van der Waals surface area contributed by atoms with Crippen LogP contribution in [0.15, 0.2) is 47.6 Å². The van der Waals surface area contributed by atoms with E-state index in [1.807, 2.05) is 6.92 Å². The number of aliphatic imine (C=N–C) groups is 1. The predicted molar refractivity (Wildman–Crippen MR) is 99.3 cm³/mol. The highest BCUT2D eigenvalue weighted by Crippen LogP contribution is 2.46. The lowest BCUT2D eigenvalue weighted by atomic mass is 9.91. The first-order valence-electron chi connectivity index (χ1n) is 8.05. The number of hydrogen-bond acceptors (Lipinski definition) is 5. The van der Waals surface area contributed by atoms with E-state index in [9.17, 15) is 9.18 Å². The third-order valence-corrected chi connectivity index (χ3v) is 5.71. The summed E-state index contributed by atoms with van der Waals surface area (Å²) >= 11 is 1.39. The van der Waals surface area contributed by atoms with E-state index >= 15 is 0 Å². The Kier molecular flexibility index (Phi) is 5.03. The van der Waals surface area contributed by atoms with Crippen LogP contribution in [-0.2, 0) is 4.75 Å². The van der Waals surface area contributed by atoms with Gasteiger partial charge in [-0.1, -0.05) is 24.8 Å². The Labute approximate surface area is 149 Å². The molecular formula is C18H19FN4OS. The van der Waals surface area contributed by atoms with Crippen molar-refractivity contribution < 1.29 is 9.18 Å². The van der Waals surface area contributed by atoms with E-state index in [0.717, 1.165) is 0 Å². The molecular weight excluding hydrogens is 339 g/mol. The molecule has 3 rings (SSSR count). The second kappa shape index (κ2) is 7.23. The number of amides is 1. The number of aromatic nitrogens is 1. The number of nitrogens with one attached hydrogen (secondary N) is 1. The molecule has 0 aliphatic carbocycles. The molecule has 2 heterocycles. The average Bonchev–Trinajstić information content (AvgIpc) is 2.64. The van der Waals surface area contributed by atoms with Crippen LogP contribution in [0.4, 0.5) is 10.1 Å². The molecule has 5 nitrogen and oxygen atoms in total. The summed E-state index contributed by atoms with van der Waals surface area (Å²) < 4.78 is 14.1. The van der Waals surface area contributed by atoms with Crippen molar-refractivity contribution in [3.8, 4) is 0 Å². The summed E-state index contributed by atoms with van der Waals surface area (Å²) in [6, 6.07) is 9.72. The quantitative estimate of drug-likeness (QED) is 0.876. The Morgan fingerprint density at radius 3 is 2.92 bits per heavy atom. The van der Waals surface area contributed by atoms with Crippen molar-refractivity contribution in [1.29, 1.82) is 0 Å². The van der Waals surface area contributed by atoms with E-state index in [2.05, 4.69) is 15.3 Å². The van der Waals surface area contributed by atoms with Gasteiger partial charge in [-0.05, 0) is 43.2 Å². The summed E-state index contributed by atoms with van der Waals surface area (Å²) in [5.41, 5.74) is 7.26. The largest absolute Gasteiger partial charge is 0.379 e. The number of amidine groups is 1. The summed E-state index contributed by atoms with van der Waals surface area (Å²) in [5, 5.41) is 3.25. The molecule has 1 aliphatic heterocycles. The Bertz CT molecular complexity index is 812. The van der Waals surface area contributed by atoms with E-state index in [-0.39, 0.29) is 11.7 Å². The molecule has 0 saturated heterocycles. The fourth-order valence-corrected chi connectivity index (χ4v) is 4.06. The smallest absolute Gasteiger partial charge is 0.274 e. The monoisotopic (exact) mass is 358 g/mol. The number of hydrogen-bond donors (Lipinski definition) is 2. The summed E-state index contributed by atoms with van der Waals surface area (Å²) in [6.45, 7) is 2.57. The number of pyridine rings is 1. The van der Waals surface area contributed by atoms with Crippen LogP contribution in [0.5, 0.6) is 0 Å². The lowest BCUT2D eigenvalue weighted by Gasteiger charge is -2.35. The van der Waals surface area contributed by atoms with E-state index < -0.39 is 4.75 Å². The minimum atomic E-state index is -0.471. The number of rotatable bonds is 4. The van der Waals surface area contributed by atoms with Gasteiger partial charge in [0.15, 0.2) is 5.17 Å². The number of halogens is 1. The molecule has 0 saturated carbocycles. The summed E-state index contributed by atoms with van der Waals surface area (Å²) in [6.07, 6.45) is 2.96. The fourth-order valence-electron chi connectivity index (χ4n) is 2.90. The van der Waals surface area contributed by atoms with E-state index in [0.29, 0.717) is 41.5 Å². The van der Waals surface area contributed by atoms with Crippen LogP contribution in [0.2, 0.25) is 0 Å². The van der Waals surface area contributed by atoms with Crippen molar-refractivity contribution in [2.24, 2.45) is 10.7 Å². The summed E-state index contributed by atoms with van der Waals surface area (Å²) in [7, 11) is 0. The van der Waals surface area contributed by atoms with Gasteiger partial charge in [0.2, 0.25) is 0 Å². The van der Waals surface area contributed by atoms with Crippen LogP contribution < -0.4 is 11.1 Å². The second-order valence-corrected chi connectivity index (χ2v) is 7.19. The maximum absolute atomic E-state index is 14.6. The zero-order valence-corrected chi connectivity index (χ0v) is 14.6. The van der Waals surface area contributed by atoms with Crippen LogP contribution >= 0.6 is 11.8 Å². The summed E-state index contributed by atoms with van der Waals surface area (Å²) in [5.74, 6) is -0.638. The molecule has 1 amide bonds. The van der Waals surface area contributed by atoms with Gasteiger partial charge in [0.05, 0.1) is 4.75 Å². The number of carbonyl (C=O) groups excluding carboxylic acids is 1. The lowest BCUT2D eigenvalue weighted by Crippen LogP contribution is -2.31. The molecule has 25 heavy (non-hydrogen) atoms. The highest BCUT2D eigenvalue weighted by molar-refractivity contribution is 8.14. The maximum Gasteiger partial charge on any atom is 0.274 e. The lowest BCUT2D eigenvalue weighted by molar-refractivity contribution is 0.102. The molecule has 1 aromatic heterocycles. The van der Waals surface area contributed by atoms with Crippen LogP contribution in [0, 0.1) is 5.82 Å². The number of nitrogens with two attached hydrogens (primary N) is 1. The van der Waals surface area contributed by atoms with Gasteiger partial charge in [-0.3, -0.25) is 14.8 Å². The Morgan fingerprint density at radius 2 is 2.24 bits per heavy atom. The van der Waals surface area contributed by atoms with Crippen LogP contribution in [-0.4, -0.2) is 22.6 Å². The van der Waals surface area contributed by atoms with Gasteiger partial charge in [-0.2, -0.15) is 0 Å². The number of nitrogens with zero attached hydrogens (tertiary/aromatic N) is 2. The molecule has 0 radical (unpaired) electrons. The zero-order valence-electron chi connectivity index (χ0n) is 13.8. The molecule has 1 aliphatic rings. The van der Waals surface area contributed by atoms with Crippen molar-refractivity contribution in [3.05, 3.63) is 59.7 Å². The minimum Gasteiger partial charge on any atom is -0.379 e. The molecule has 7 heteroatoms. The first kappa shape index (κ1) is 17.4. The standard InChI is InChI=1S/C18H19FN4OS/c1-2-18(8-10-22-17(20)25-18)13-11-12(6-7-14(13)19)23-16(24)15-5-3-4-9-21-15/h3-7,9,11H,2,8,10H2,1H3,(H2,20,22)(H,23,24)/t18-/m0/s1. The third-order valence-electron chi connectivity index (χ3n) is 4.27. The van der Waals surface area contributed by atoms with Gasteiger partial charge in [-0.25, -0.2) is 4.39 Å².